The van der Waals surface area contributed by atoms with Gasteiger partial charge < -0.3 is 20.2 Å². The first-order valence-corrected chi connectivity index (χ1v) is 9.15. The second-order valence-electron chi connectivity index (χ2n) is 7.05. The van der Waals surface area contributed by atoms with Crippen molar-refractivity contribution in [2.45, 2.75) is 19.4 Å². The molecular weight excluding hydrogens is 310 g/mol. The van der Waals surface area contributed by atoms with Gasteiger partial charge in [0.25, 0.3) is 0 Å². The summed E-state index contributed by atoms with van der Waals surface area (Å²) in [5.74, 6) is 0.311. The van der Waals surface area contributed by atoms with E-state index < -0.39 is 0 Å². The van der Waals surface area contributed by atoms with Crippen molar-refractivity contribution in [2.75, 3.05) is 45.1 Å². The Labute approximate surface area is 151 Å². The van der Waals surface area contributed by atoms with Crippen LogP contribution in [0.2, 0.25) is 0 Å². The summed E-state index contributed by atoms with van der Waals surface area (Å²) in [4.78, 5) is 4.95. The average molecular weight is 339 g/mol. The van der Waals surface area contributed by atoms with Gasteiger partial charge in [-0.25, -0.2) is 0 Å². The van der Waals surface area contributed by atoms with Gasteiger partial charge in [0.05, 0.1) is 0 Å². The maximum absolute atomic E-state index is 9.61. The zero-order valence-corrected chi connectivity index (χ0v) is 15.3. The molecule has 4 heteroatoms. The standard InChI is InChI=1S/C21H29N3O/c1-17(19-4-3-5-21(25)16-19)22-20-8-6-18(7-9-20)10-11-24-14-12-23(2)13-15-24/h3-9,16-17,22,25H,10-15H2,1-2H3. The highest BCUT2D eigenvalue weighted by Gasteiger charge is 2.13. The summed E-state index contributed by atoms with van der Waals surface area (Å²) in [7, 11) is 2.20. The number of piperazine rings is 1. The van der Waals surface area contributed by atoms with Gasteiger partial charge >= 0.3 is 0 Å². The van der Waals surface area contributed by atoms with Crippen LogP contribution in [-0.2, 0) is 6.42 Å². The maximum atomic E-state index is 9.61. The van der Waals surface area contributed by atoms with Gasteiger partial charge in [-0.3, -0.25) is 0 Å². The highest BCUT2D eigenvalue weighted by molar-refractivity contribution is 5.47. The number of nitrogens with one attached hydrogen (secondary N) is 1. The molecule has 0 spiro atoms. The Balaban J connectivity index is 1.50. The fourth-order valence-corrected chi connectivity index (χ4v) is 3.25. The number of phenolic OH excluding ortho intramolecular Hbond substituents is 1. The molecule has 134 valence electrons. The Morgan fingerprint density at radius 3 is 2.44 bits per heavy atom. The summed E-state index contributed by atoms with van der Waals surface area (Å²) < 4.78 is 0. The fraction of sp³-hybridized carbons (Fsp3) is 0.429. The van der Waals surface area contributed by atoms with Gasteiger partial charge in [0.1, 0.15) is 5.75 Å². The Morgan fingerprint density at radius 1 is 1.04 bits per heavy atom. The average Bonchev–Trinajstić information content (AvgIpc) is 2.62. The predicted molar refractivity (Wildman–Crippen MR) is 104 cm³/mol. The van der Waals surface area contributed by atoms with Crippen LogP contribution in [0.15, 0.2) is 48.5 Å². The quantitative estimate of drug-likeness (QED) is 0.846. The van der Waals surface area contributed by atoms with E-state index in [0.717, 1.165) is 24.2 Å². The Hall–Kier alpha value is -2.04. The van der Waals surface area contributed by atoms with E-state index in [1.54, 1.807) is 6.07 Å². The molecular formula is C21H29N3O. The van der Waals surface area contributed by atoms with E-state index in [1.165, 1.54) is 31.7 Å². The topological polar surface area (TPSA) is 38.7 Å². The molecule has 1 heterocycles. The first-order chi connectivity index (χ1) is 12.1. The first kappa shape index (κ1) is 17.8. The number of nitrogens with zero attached hydrogens (tertiary/aromatic N) is 2. The first-order valence-electron chi connectivity index (χ1n) is 9.15. The SMILES string of the molecule is CC(Nc1ccc(CCN2CCN(C)CC2)cc1)c1cccc(O)c1. The van der Waals surface area contributed by atoms with Crippen LogP contribution in [0.5, 0.6) is 5.75 Å². The van der Waals surface area contributed by atoms with Crippen LogP contribution in [0, 0.1) is 0 Å². The molecule has 1 aliphatic rings. The molecule has 3 rings (SSSR count). The number of aromatic hydroxyl groups is 1. The fourth-order valence-electron chi connectivity index (χ4n) is 3.25. The van der Waals surface area contributed by atoms with E-state index in [2.05, 4.69) is 53.4 Å². The van der Waals surface area contributed by atoms with Gasteiger partial charge in [0.15, 0.2) is 0 Å². The third kappa shape index (κ3) is 5.21. The minimum atomic E-state index is 0.156. The van der Waals surface area contributed by atoms with Crippen molar-refractivity contribution >= 4 is 5.69 Å². The van der Waals surface area contributed by atoms with Crippen molar-refractivity contribution in [3.8, 4) is 5.75 Å². The molecule has 4 nitrogen and oxygen atoms in total. The van der Waals surface area contributed by atoms with Crippen molar-refractivity contribution in [3.05, 3.63) is 59.7 Å². The van der Waals surface area contributed by atoms with Crippen LogP contribution >= 0.6 is 0 Å². The molecule has 2 aromatic rings. The van der Waals surface area contributed by atoms with E-state index in [1.807, 2.05) is 18.2 Å². The third-order valence-electron chi connectivity index (χ3n) is 5.02. The van der Waals surface area contributed by atoms with Gasteiger partial charge in [0.2, 0.25) is 0 Å². The summed E-state index contributed by atoms with van der Waals surface area (Å²) in [6.45, 7) is 7.96. The monoisotopic (exact) mass is 339 g/mol. The highest BCUT2D eigenvalue weighted by atomic mass is 16.3. The summed E-state index contributed by atoms with van der Waals surface area (Å²) in [5, 5.41) is 13.1. The van der Waals surface area contributed by atoms with Crippen LogP contribution in [0.4, 0.5) is 5.69 Å². The molecule has 1 aliphatic heterocycles. The summed E-state index contributed by atoms with van der Waals surface area (Å²) in [5.41, 5.74) is 3.58. The lowest BCUT2D eigenvalue weighted by atomic mass is 10.1. The third-order valence-corrected chi connectivity index (χ3v) is 5.02. The van der Waals surface area contributed by atoms with Gasteiger partial charge in [-0.1, -0.05) is 24.3 Å². The molecule has 1 unspecified atom stereocenters. The number of phenols is 1. The number of benzene rings is 2. The van der Waals surface area contributed by atoms with Crippen LogP contribution in [0.1, 0.15) is 24.1 Å². The van der Waals surface area contributed by atoms with Gasteiger partial charge in [-0.05, 0) is 55.8 Å². The van der Waals surface area contributed by atoms with Crippen LogP contribution in [-0.4, -0.2) is 54.7 Å². The van der Waals surface area contributed by atoms with Gasteiger partial charge in [-0.15, -0.1) is 0 Å². The number of likely N-dealkylation sites (N-methyl/N-ethyl adjacent to an activating group) is 1. The predicted octanol–water partition coefficient (Wildman–Crippen LogP) is 3.36. The van der Waals surface area contributed by atoms with Crippen molar-refractivity contribution < 1.29 is 5.11 Å². The zero-order valence-electron chi connectivity index (χ0n) is 15.3. The summed E-state index contributed by atoms with van der Waals surface area (Å²) in [6.07, 6.45) is 1.10. The largest absolute Gasteiger partial charge is 0.508 e. The Bertz CT molecular complexity index is 663. The smallest absolute Gasteiger partial charge is 0.115 e. The maximum Gasteiger partial charge on any atom is 0.115 e. The van der Waals surface area contributed by atoms with Crippen molar-refractivity contribution in [2.24, 2.45) is 0 Å². The molecule has 1 atom stereocenters. The molecule has 0 aliphatic carbocycles. The van der Waals surface area contributed by atoms with Gasteiger partial charge in [0, 0.05) is 44.5 Å². The molecule has 0 amide bonds. The van der Waals surface area contributed by atoms with Gasteiger partial charge in [-0.2, -0.15) is 0 Å². The van der Waals surface area contributed by atoms with E-state index in [4.69, 9.17) is 0 Å². The van der Waals surface area contributed by atoms with E-state index >= 15 is 0 Å². The summed E-state index contributed by atoms with van der Waals surface area (Å²) >= 11 is 0. The van der Waals surface area contributed by atoms with Crippen molar-refractivity contribution in [3.63, 3.8) is 0 Å². The van der Waals surface area contributed by atoms with E-state index in [9.17, 15) is 5.11 Å². The van der Waals surface area contributed by atoms with E-state index in [-0.39, 0.29) is 6.04 Å². The lowest BCUT2D eigenvalue weighted by molar-refractivity contribution is 0.155. The van der Waals surface area contributed by atoms with Crippen LogP contribution in [0.3, 0.4) is 0 Å². The molecule has 1 fully saturated rings. The molecule has 0 aromatic heterocycles. The number of hydrogen-bond donors (Lipinski definition) is 2. The number of hydrogen-bond acceptors (Lipinski definition) is 4. The second kappa shape index (κ2) is 8.37. The van der Waals surface area contributed by atoms with Crippen molar-refractivity contribution in [1.82, 2.24) is 9.80 Å². The zero-order chi connectivity index (χ0) is 17.6. The molecule has 0 bridgehead atoms. The van der Waals surface area contributed by atoms with E-state index in [0.29, 0.717) is 5.75 Å². The molecule has 1 saturated heterocycles. The number of anilines is 1. The molecule has 0 saturated carbocycles. The number of rotatable bonds is 6. The molecule has 0 radical (unpaired) electrons. The van der Waals surface area contributed by atoms with Crippen LogP contribution in [0.25, 0.3) is 0 Å². The lowest BCUT2D eigenvalue weighted by Crippen LogP contribution is -2.45. The minimum absolute atomic E-state index is 0.156. The summed E-state index contributed by atoms with van der Waals surface area (Å²) in [6, 6.07) is 16.3. The van der Waals surface area contributed by atoms with Crippen LogP contribution < -0.4 is 5.32 Å². The Kier molecular flexibility index (Phi) is 5.95. The van der Waals surface area contributed by atoms with Crippen molar-refractivity contribution in [1.29, 1.82) is 0 Å². The Morgan fingerprint density at radius 2 is 1.76 bits per heavy atom. The lowest BCUT2D eigenvalue weighted by Gasteiger charge is -2.32. The molecule has 25 heavy (non-hydrogen) atoms. The minimum Gasteiger partial charge on any atom is -0.508 e. The molecule has 2 N–H and O–H groups in total. The normalized spacial score (nSPS) is 17.4. The second-order valence-corrected chi connectivity index (χ2v) is 7.05. The highest BCUT2D eigenvalue weighted by Crippen LogP contribution is 2.22. The molecule has 2 aromatic carbocycles.